The molecule has 0 aromatic carbocycles. The van der Waals surface area contributed by atoms with Crippen LogP contribution in [0.15, 0.2) is 97.2 Å². The monoisotopic (exact) mass is 805 g/mol. The molecule has 0 rings (SSSR count). The van der Waals surface area contributed by atoms with Crippen LogP contribution in [0.1, 0.15) is 201 Å². The number of carbonyl (C=O) groups is 2. The van der Waals surface area contributed by atoms with E-state index in [1.807, 2.05) is 0 Å². The second kappa shape index (κ2) is 48.2. The zero-order valence-electron chi connectivity index (χ0n) is 37.8. The van der Waals surface area contributed by atoms with E-state index in [9.17, 15) is 9.59 Å². The Balaban J connectivity index is 4.39. The molecular formula is C53H88O5. The van der Waals surface area contributed by atoms with E-state index in [4.69, 9.17) is 14.2 Å². The third-order valence-electron chi connectivity index (χ3n) is 9.54. The van der Waals surface area contributed by atoms with Crippen molar-refractivity contribution in [2.24, 2.45) is 0 Å². The van der Waals surface area contributed by atoms with Gasteiger partial charge in [0.15, 0.2) is 6.10 Å². The zero-order chi connectivity index (χ0) is 42.1. The molecule has 0 aromatic rings. The van der Waals surface area contributed by atoms with E-state index in [2.05, 4.69) is 118 Å². The predicted octanol–water partition coefficient (Wildman–Crippen LogP) is 15.9. The molecule has 0 saturated carbocycles. The Bertz CT molecular complexity index is 1140. The number of carbonyl (C=O) groups excluding carboxylic acids is 2. The Kier molecular flexibility index (Phi) is 45.5. The minimum Gasteiger partial charge on any atom is -0.462 e. The van der Waals surface area contributed by atoms with Gasteiger partial charge >= 0.3 is 11.9 Å². The molecule has 0 aliphatic rings. The summed E-state index contributed by atoms with van der Waals surface area (Å²) in [7, 11) is 0. The first-order valence-electron chi connectivity index (χ1n) is 23.8. The Morgan fingerprint density at radius 2 is 0.776 bits per heavy atom. The van der Waals surface area contributed by atoms with Crippen LogP contribution >= 0.6 is 0 Å². The average Bonchev–Trinajstić information content (AvgIpc) is 3.22. The Labute approximate surface area is 358 Å². The molecule has 5 nitrogen and oxygen atoms in total. The van der Waals surface area contributed by atoms with E-state index in [1.165, 1.54) is 38.5 Å². The molecule has 5 heteroatoms. The molecule has 0 spiro atoms. The number of hydrogen-bond donors (Lipinski definition) is 0. The Hall–Kier alpha value is -3.18. The molecule has 0 heterocycles. The van der Waals surface area contributed by atoms with Crippen LogP contribution < -0.4 is 0 Å². The van der Waals surface area contributed by atoms with Crippen molar-refractivity contribution in [1.82, 2.24) is 0 Å². The number of allylic oxidation sites excluding steroid dienone is 16. The van der Waals surface area contributed by atoms with Gasteiger partial charge in [-0.2, -0.15) is 0 Å². The fourth-order valence-electron chi connectivity index (χ4n) is 6.04. The van der Waals surface area contributed by atoms with Crippen LogP contribution in [-0.2, 0) is 23.8 Å². The molecule has 1 unspecified atom stereocenters. The summed E-state index contributed by atoms with van der Waals surface area (Å²) in [5.41, 5.74) is 0. The van der Waals surface area contributed by atoms with Crippen LogP contribution in [0.3, 0.4) is 0 Å². The largest absolute Gasteiger partial charge is 0.462 e. The highest BCUT2D eigenvalue weighted by atomic mass is 16.6. The van der Waals surface area contributed by atoms with Crippen LogP contribution in [0, 0.1) is 0 Å². The molecule has 0 fully saturated rings. The van der Waals surface area contributed by atoms with Gasteiger partial charge in [-0.1, -0.05) is 176 Å². The van der Waals surface area contributed by atoms with Crippen molar-refractivity contribution in [3.05, 3.63) is 97.2 Å². The highest BCUT2D eigenvalue weighted by Gasteiger charge is 2.17. The minimum absolute atomic E-state index is 0.0539. The van der Waals surface area contributed by atoms with E-state index in [-0.39, 0.29) is 25.2 Å². The Morgan fingerprint density at radius 1 is 0.397 bits per heavy atom. The van der Waals surface area contributed by atoms with Gasteiger partial charge in [0, 0.05) is 19.4 Å². The van der Waals surface area contributed by atoms with E-state index in [1.54, 1.807) is 0 Å². The van der Waals surface area contributed by atoms with Crippen molar-refractivity contribution in [3.8, 4) is 0 Å². The lowest BCUT2D eigenvalue weighted by atomic mass is 10.1. The summed E-state index contributed by atoms with van der Waals surface area (Å²) in [4.78, 5) is 25.3. The van der Waals surface area contributed by atoms with Crippen LogP contribution in [0.2, 0.25) is 0 Å². The molecule has 1 atom stereocenters. The number of unbranched alkanes of at least 4 members (excludes halogenated alkanes) is 15. The second-order valence-corrected chi connectivity index (χ2v) is 15.3. The average molecular weight is 805 g/mol. The van der Waals surface area contributed by atoms with E-state index in [0.717, 1.165) is 128 Å². The number of esters is 2. The third-order valence-corrected chi connectivity index (χ3v) is 9.54. The summed E-state index contributed by atoms with van der Waals surface area (Å²) in [6.45, 7) is 7.47. The fourth-order valence-corrected chi connectivity index (χ4v) is 6.04. The summed E-state index contributed by atoms with van der Waals surface area (Å²) in [6.07, 6.45) is 64.1. The molecule has 0 amide bonds. The molecule has 0 saturated heterocycles. The molecule has 0 aliphatic heterocycles. The maximum absolute atomic E-state index is 12.7. The topological polar surface area (TPSA) is 61.8 Å². The summed E-state index contributed by atoms with van der Waals surface area (Å²) >= 11 is 0. The quantitative estimate of drug-likeness (QED) is 0.0349. The lowest BCUT2D eigenvalue weighted by molar-refractivity contribution is -0.163. The van der Waals surface area contributed by atoms with Gasteiger partial charge in [0.2, 0.25) is 0 Å². The predicted molar refractivity (Wildman–Crippen MR) is 251 cm³/mol. The van der Waals surface area contributed by atoms with Crippen molar-refractivity contribution in [2.75, 3.05) is 19.8 Å². The molecule has 0 aliphatic carbocycles. The van der Waals surface area contributed by atoms with E-state index in [0.29, 0.717) is 19.4 Å². The molecule has 0 aromatic heterocycles. The summed E-state index contributed by atoms with van der Waals surface area (Å²) in [5, 5.41) is 0. The maximum Gasteiger partial charge on any atom is 0.306 e. The highest BCUT2D eigenvalue weighted by molar-refractivity contribution is 5.70. The van der Waals surface area contributed by atoms with Crippen molar-refractivity contribution in [1.29, 1.82) is 0 Å². The van der Waals surface area contributed by atoms with Crippen LogP contribution in [0.4, 0.5) is 0 Å². The van der Waals surface area contributed by atoms with Crippen LogP contribution in [0.25, 0.3) is 0 Å². The first-order valence-corrected chi connectivity index (χ1v) is 23.8. The number of rotatable bonds is 42. The van der Waals surface area contributed by atoms with Gasteiger partial charge in [0.05, 0.1) is 6.61 Å². The number of hydrogen-bond acceptors (Lipinski definition) is 5. The highest BCUT2D eigenvalue weighted by Crippen LogP contribution is 2.12. The first kappa shape index (κ1) is 54.8. The van der Waals surface area contributed by atoms with Crippen molar-refractivity contribution < 1.29 is 23.8 Å². The molecule has 58 heavy (non-hydrogen) atoms. The van der Waals surface area contributed by atoms with Crippen molar-refractivity contribution in [3.63, 3.8) is 0 Å². The molecule has 0 bridgehead atoms. The smallest absolute Gasteiger partial charge is 0.306 e. The van der Waals surface area contributed by atoms with Crippen molar-refractivity contribution in [2.45, 2.75) is 207 Å². The second-order valence-electron chi connectivity index (χ2n) is 15.3. The van der Waals surface area contributed by atoms with Crippen LogP contribution in [0.5, 0.6) is 0 Å². The van der Waals surface area contributed by atoms with Gasteiger partial charge < -0.3 is 14.2 Å². The number of ether oxygens (including phenoxy) is 3. The lowest BCUT2D eigenvalue weighted by Crippen LogP contribution is -2.30. The van der Waals surface area contributed by atoms with Crippen molar-refractivity contribution >= 4 is 11.9 Å². The first-order chi connectivity index (χ1) is 28.6. The Morgan fingerprint density at radius 3 is 1.24 bits per heavy atom. The van der Waals surface area contributed by atoms with E-state index < -0.39 is 6.10 Å². The van der Waals surface area contributed by atoms with Gasteiger partial charge in [0.1, 0.15) is 6.61 Å². The summed E-state index contributed by atoms with van der Waals surface area (Å²) in [5.74, 6) is -0.455. The third kappa shape index (κ3) is 45.5. The van der Waals surface area contributed by atoms with Crippen LogP contribution in [-0.4, -0.2) is 37.9 Å². The molecular weight excluding hydrogens is 717 g/mol. The molecule has 0 N–H and O–H groups in total. The van der Waals surface area contributed by atoms with Gasteiger partial charge in [-0.15, -0.1) is 0 Å². The van der Waals surface area contributed by atoms with Gasteiger partial charge in [0.25, 0.3) is 0 Å². The van der Waals surface area contributed by atoms with Gasteiger partial charge in [-0.25, -0.2) is 0 Å². The van der Waals surface area contributed by atoms with E-state index >= 15 is 0 Å². The summed E-state index contributed by atoms with van der Waals surface area (Å²) < 4.78 is 17.3. The SMILES string of the molecule is CC/C=C\C/C=C\C/C=C\C/C=C\CCCCCOCC(COC(=O)CCCCCCC/C=C\C/C=C\CCC)OC(=O)CCCCCCC/C=C\C/C=C\CCC. The standard InChI is InChI=1S/C53H88O5/c1-4-7-10-13-16-19-22-25-26-27-30-33-36-39-42-45-48-56-49-51(58-53(55)47-44-41-38-35-32-29-24-21-18-15-12-9-6-3)50-57-52(54)46-43-40-37-34-31-28-23-20-17-14-11-8-5-2/h7,10-12,14-16,19-21,23-26,30,33,51H,4-6,8-9,13,17-18,22,27-29,31-32,34-50H2,1-3H3/b10-7-,14-11-,15-12-,19-16-,23-20-,24-21-,26-25-,33-30-. The summed E-state index contributed by atoms with van der Waals surface area (Å²) in [6, 6.07) is 0. The normalized spacial score (nSPS) is 13.1. The zero-order valence-corrected chi connectivity index (χ0v) is 37.8. The maximum atomic E-state index is 12.7. The molecule has 330 valence electrons. The molecule has 0 radical (unpaired) electrons. The van der Waals surface area contributed by atoms with Gasteiger partial charge in [-0.05, 0) is 109 Å². The lowest BCUT2D eigenvalue weighted by Gasteiger charge is -2.18. The van der Waals surface area contributed by atoms with Gasteiger partial charge in [-0.3, -0.25) is 9.59 Å². The fraction of sp³-hybridized carbons (Fsp3) is 0.660. The minimum atomic E-state index is -0.570.